The molecule has 5 heteroatoms. The van der Waals surface area contributed by atoms with E-state index in [1.54, 1.807) is 36.6 Å². The molecule has 0 N–H and O–H groups in total. The first-order valence-corrected chi connectivity index (χ1v) is 7.62. The standard InChI is InChI=1S/C14H9ClO2S2/c1-17-8-2-3-9(10(15)6-8)14(16)13-7-12-11(19-13)4-5-18-12/h2-7H,1H3. The average Bonchev–Trinajstić information content (AvgIpc) is 2.98. The van der Waals surface area contributed by atoms with Crippen molar-refractivity contribution in [2.24, 2.45) is 0 Å². The van der Waals surface area contributed by atoms with Crippen molar-refractivity contribution in [2.75, 3.05) is 7.11 Å². The van der Waals surface area contributed by atoms with Gasteiger partial charge in [0.1, 0.15) is 5.75 Å². The lowest BCUT2D eigenvalue weighted by Gasteiger charge is -2.04. The molecule has 0 spiro atoms. The van der Waals surface area contributed by atoms with Gasteiger partial charge in [0.2, 0.25) is 5.78 Å². The molecule has 0 aliphatic carbocycles. The maximum absolute atomic E-state index is 12.4. The number of carbonyl (C=O) groups excluding carboxylic acids is 1. The zero-order valence-corrected chi connectivity index (χ0v) is 12.4. The van der Waals surface area contributed by atoms with Crippen molar-refractivity contribution in [1.82, 2.24) is 0 Å². The van der Waals surface area contributed by atoms with E-state index in [1.807, 2.05) is 17.5 Å². The SMILES string of the molecule is COc1ccc(C(=O)c2cc3sccc3s2)c(Cl)c1. The second kappa shape index (κ2) is 4.96. The quantitative estimate of drug-likeness (QED) is 0.646. The van der Waals surface area contributed by atoms with E-state index in [4.69, 9.17) is 16.3 Å². The zero-order valence-electron chi connectivity index (χ0n) is 9.98. The van der Waals surface area contributed by atoms with E-state index in [0.29, 0.717) is 21.2 Å². The molecule has 0 atom stereocenters. The van der Waals surface area contributed by atoms with Crippen LogP contribution in [0.1, 0.15) is 15.2 Å². The van der Waals surface area contributed by atoms with E-state index in [-0.39, 0.29) is 5.78 Å². The van der Waals surface area contributed by atoms with Crippen molar-refractivity contribution in [1.29, 1.82) is 0 Å². The molecule has 1 aromatic carbocycles. The predicted molar refractivity (Wildman–Crippen MR) is 81.1 cm³/mol. The first-order chi connectivity index (χ1) is 9.19. The lowest BCUT2D eigenvalue weighted by Crippen LogP contribution is -1.99. The Morgan fingerprint density at radius 2 is 2.05 bits per heavy atom. The van der Waals surface area contributed by atoms with E-state index in [9.17, 15) is 4.79 Å². The monoisotopic (exact) mass is 308 g/mol. The highest BCUT2D eigenvalue weighted by molar-refractivity contribution is 7.28. The van der Waals surface area contributed by atoms with Crippen LogP contribution in [0.3, 0.4) is 0 Å². The summed E-state index contributed by atoms with van der Waals surface area (Å²) in [4.78, 5) is 13.1. The number of fused-ring (bicyclic) bond motifs is 1. The van der Waals surface area contributed by atoms with Gasteiger partial charge in [0.25, 0.3) is 0 Å². The summed E-state index contributed by atoms with van der Waals surface area (Å²) in [7, 11) is 1.57. The molecule has 0 fully saturated rings. The molecule has 0 aliphatic rings. The van der Waals surface area contributed by atoms with Crippen molar-refractivity contribution < 1.29 is 9.53 Å². The van der Waals surface area contributed by atoms with E-state index in [1.165, 1.54) is 11.3 Å². The van der Waals surface area contributed by atoms with Gasteiger partial charge in [0, 0.05) is 15.0 Å². The molecule has 96 valence electrons. The molecule has 2 heterocycles. The van der Waals surface area contributed by atoms with Crippen LogP contribution in [-0.4, -0.2) is 12.9 Å². The number of ether oxygens (including phenoxy) is 1. The summed E-state index contributed by atoms with van der Waals surface area (Å²) < 4.78 is 7.35. The molecule has 3 rings (SSSR count). The molecule has 2 nitrogen and oxygen atoms in total. The highest BCUT2D eigenvalue weighted by Gasteiger charge is 2.16. The number of halogens is 1. The van der Waals surface area contributed by atoms with Crippen LogP contribution in [-0.2, 0) is 0 Å². The number of rotatable bonds is 3. The highest BCUT2D eigenvalue weighted by Crippen LogP contribution is 2.33. The summed E-state index contributed by atoms with van der Waals surface area (Å²) in [5.41, 5.74) is 0.511. The summed E-state index contributed by atoms with van der Waals surface area (Å²) in [5, 5.41) is 2.44. The largest absolute Gasteiger partial charge is 0.497 e. The van der Waals surface area contributed by atoms with Gasteiger partial charge in [0.15, 0.2) is 0 Å². The van der Waals surface area contributed by atoms with Crippen molar-refractivity contribution in [3.05, 3.63) is 51.2 Å². The fourth-order valence-electron chi connectivity index (χ4n) is 1.82. The third kappa shape index (κ3) is 2.27. The molecule has 0 aliphatic heterocycles. The lowest BCUT2D eigenvalue weighted by molar-refractivity contribution is 0.104. The summed E-state index contributed by atoms with van der Waals surface area (Å²) in [6.45, 7) is 0. The van der Waals surface area contributed by atoms with Gasteiger partial charge < -0.3 is 4.74 Å². The molecule has 0 unspecified atom stereocenters. The highest BCUT2D eigenvalue weighted by atomic mass is 35.5. The van der Waals surface area contributed by atoms with E-state index >= 15 is 0 Å². The first-order valence-electron chi connectivity index (χ1n) is 5.54. The van der Waals surface area contributed by atoms with Crippen molar-refractivity contribution in [2.45, 2.75) is 0 Å². The maximum Gasteiger partial charge on any atom is 0.204 e. The van der Waals surface area contributed by atoms with Crippen LogP contribution in [0.2, 0.25) is 5.02 Å². The van der Waals surface area contributed by atoms with Gasteiger partial charge >= 0.3 is 0 Å². The third-order valence-corrected chi connectivity index (χ3v) is 5.19. The van der Waals surface area contributed by atoms with Gasteiger partial charge in [-0.1, -0.05) is 11.6 Å². The van der Waals surface area contributed by atoms with Crippen molar-refractivity contribution in [3.63, 3.8) is 0 Å². The summed E-state index contributed by atoms with van der Waals surface area (Å²) in [6, 6.07) is 9.06. The van der Waals surface area contributed by atoms with Crippen molar-refractivity contribution in [3.8, 4) is 5.75 Å². The minimum absolute atomic E-state index is 0.0407. The van der Waals surface area contributed by atoms with Crippen LogP contribution in [0.25, 0.3) is 9.40 Å². The normalized spacial score (nSPS) is 10.8. The van der Waals surface area contributed by atoms with Crippen LogP contribution in [0.4, 0.5) is 0 Å². The van der Waals surface area contributed by atoms with Crippen molar-refractivity contribution >= 4 is 49.5 Å². The van der Waals surface area contributed by atoms with Crippen LogP contribution in [0.5, 0.6) is 5.75 Å². The number of hydrogen-bond acceptors (Lipinski definition) is 4. The molecule has 0 saturated carbocycles. The first kappa shape index (κ1) is 12.7. The van der Waals surface area contributed by atoms with Gasteiger partial charge in [-0.2, -0.15) is 0 Å². The average molecular weight is 309 g/mol. The Morgan fingerprint density at radius 1 is 1.21 bits per heavy atom. The van der Waals surface area contributed by atoms with Gasteiger partial charge in [0.05, 0.1) is 17.0 Å². The second-order valence-corrected chi connectivity index (χ2v) is 6.37. The Hall–Kier alpha value is -1.36. The summed E-state index contributed by atoms with van der Waals surface area (Å²) in [6.07, 6.45) is 0. The van der Waals surface area contributed by atoms with E-state index < -0.39 is 0 Å². The number of hydrogen-bond donors (Lipinski definition) is 0. The molecular weight excluding hydrogens is 300 g/mol. The Morgan fingerprint density at radius 3 is 2.74 bits per heavy atom. The predicted octanol–water partition coefficient (Wildman–Crippen LogP) is 4.86. The molecular formula is C14H9ClO2S2. The van der Waals surface area contributed by atoms with Crippen LogP contribution in [0.15, 0.2) is 35.7 Å². The molecule has 2 aromatic heterocycles. The Bertz CT molecular complexity index is 729. The Balaban J connectivity index is 2.01. The molecule has 19 heavy (non-hydrogen) atoms. The second-order valence-electron chi connectivity index (χ2n) is 3.93. The number of benzene rings is 1. The lowest BCUT2D eigenvalue weighted by atomic mass is 10.1. The van der Waals surface area contributed by atoms with Gasteiger partial charge in [-0.15, -0.1) is 22.7 Å². The zero-order chi connectivity index (χ0) is 13.4. The Labute approximate surface area is 123 Å². The van der Waals surface area contributed by atoms with E-state index in [0.717, 1.165) is 9.40 Å². The third-order valence-electron chi connectivity index (χ3n) is 2.78. The number of thiophene rings is 2. The molecule has 0 amide bonds. The fourth-order valence-corrected chi connectivity index (χ4v) is 4.14. The number of ketones is 1. The van der Waals surface area contributed by atoms with Crippen LogP contribution < -0.4 is 4.74 Å². The van der Waals surface area contributed by atoms with E-state index in [2.05, 4.69) is 0 Å². The van der Waals surface area contributed by atoms with Gasteiger partial charge in [-0.05, 0) is 35.7 Å². The summed E-state index contributed by atoms with van der Waals surface area (Å²) in [5.74, 6) is 0.606. The fraction of sp³-hybridized carbons (Fsp3) is 0.0714. The maximum atomic E-state index is 12.4. The molecule has 0 saturated heterocycles. The van der Waals surface area contributed by atoms with Crippen LogP contribution in [0, 0.1) is 0 Å². The van der Waals surface area contributed by atoms with Crippen LogP contribution >= 0.6 is 34.3 Å². The molecule has 0 bridgehead atoms. The summed E-state index contributed by atoms with van der Waals surface area (Å²) >= 11 is 9.26. The molecule has 3 aromatic rings. The smallest absolute Gasteiger partial charge is 0.204 e. The topological polar surface area (TPSA) is 26.3 Å². The van der Waals surface area contributed by atoms with Gasteiger partial charge in [-0.3, -0.25) is 4.79 Å². The number of methoxy groups -OCH3 is 1. The number of carbonyl (C=O) groups is 1. The Kier molecular flexibility index (Phi) is 3.31. The minimum Gasteiger partial charge on any atom is -0.497 e. The molecule has 0 radical (unpaired) electrons. The minimum atomic E-state index is -0.0407. The van der Waals surface area contributed by atoms with Gasteiger partial charge in [-0.25, -0.2) is 0 Å².